The van der Waals surface area contributed by atoms with E-state index in [4.69, 9.17) is 4.84 Å². The molecule has 1 fully saturated rings. The number of benzene rings is 2. The predicted molar refractivity (Wildman–Crippen MR) is 231 cm³/mol. The molecule has 0 spiro atoms. The number of rotatable bonds is 21. The van der Waals surface area contributed by atoms with Gasteiger partial charge in [0.25, 0.3) is 11.8 Å². The van der Waals surface area contributed by atoms with Crippen LogP contribution >= 0.6 is 12.0 Å². The maximum absolute atomic E-state index is 12.8. The number of allylic oxidation sites excluding steroid dienone is 8. The van der Waals surface area contributed by atoms with Crippen molar-refractivity contribution in [3.63, 3.8) is 0 Å². The van der Waals surface area contributed by atoms with Crippen LogP contribution in [0.1, 0.15) is 104 Å². The third-order valence-electron chi connectivity index (χ3n) is 11.5. The van der Waals surface area contributed by atoms with E-state index in [2.05, 4.69) is 38.0 Å². The molecule has 18 heteroatoms. The fourth-order valence-corrected chi connectivity index (χ4v) is 8.98. The van der Waals surface area contributed by atoms with Crippen LogP contribution in [-0.2, 0) is 59.1 Å². The number of imide groups is 1. The largest absolute Gasteiger partial charge is 0.744 e. The molecule has 16 nitrogen and oxygen atoms in total. The van der Waals surface area contributed by atoms with Gasteiger partial charge in [-0.2, -0.15) is 8.91 Å². The zero-order valence-corrected chi connectivity index (χ0v) is 37.8. The average Bonchev–Trinajstić information content (AvgIpc) is 3.72. The number of Topliss-reactive ketones (excluding diaryl/α,β-unsaturated/α-hetero) is 1. The Labute approximate surface area is 372 Å². The average molecular weight is 906 g/mol. The maximum Gasteiger partial charge on any atom is 0.333 e. The second-order valence-corrected chi connectivity index (χ2v) is 18.7. The van der Waals surface area contributed by atoms with Crippen LogP contribution in [0.3, 0.4) is 0 Å². The molecule has 1 saturated heterocycles. The lowest BCUT2D eigenvalue weighted by molar-refractivity contribution is -0.777. The van der Waals surface area contributed by atoms with Gasteiger partial charge in [0, 0.05) is 71.6 Å². The minimum atomic E-state index is -4.69. The molecule has 0 radical (unpaired) electrons. The fraction of sp³-hybridized carbons (Fsp3) is 0.422. The van der Waals surface area contributed by atoms with Gasteiger partial charge in [-0.15, -0.1) is 5.06 Å². The lowest BCUT2D eigenvalue weighted by atomic mass is 9.81. The molecule has 2 aromatic carbocycles. The molecule has 3 aliphatic heterocycles. The molecule has 0 aliphatic carbocycles. The second kappa shape index (κ2) is 21.0. The first kappa shape index (κ1) is 48.8. The first-order valence-electron chi connectivity index (χ1n) is 20.6. The molecule has 1 unspecified atom stereocenters. The van der Waals surface area contributed by atoms with Gasteiger partial charge < -0.3 is 24.9 Å². The molecule has 3 aliphatic rings. The van der Waals surface area contributed by atoms with Gasteiger partial charge in [-0.3, -0.25) is 24.2 Å². The Morgan fingerprint density at radius 3 is 2.29 bits per heavy atom. The van der Waals surface area contributed by atoms with Crippen molar-refractivity contribution in [3.8, 4) is 0 Å². The fourth-order valence-electron chi connectivity index (χ4n) is 8.09. The Balaban J connectivity index is 1.17. The lowest BCUT2D eigenvalue weighted by Crippen LogP contribution is -2.39. The van der Waals surface area contributed by atoms with E-state index < -0.39 is 39.4 Å². The molecule has 0 aromatic heterocycles. The summed E-state index contributed by atoms with van der Waals surface area (Å²) in [6.45, 7) is 10.1. The molecule has 63 heavy (non-hydrogen) atoms. The van der Waals surface area contributed by atoms with Gasteiger partial charge in [0.05, 0.1) is 28.4 Å². The van der Waals surface area contributed by atoms with Gasteiger partial charge in [-0.1, -0.05) is 50.6 Å². The van der Waals surface area contributed by atoms with Gasteiger partial charge in [-0.05, 0) is 88.4 Å². The monoisotopic (exact) mass is 905 g/mol. The number of unbranched alkanes of at least 4 members (excludes halogenated alkanes) is 2. The van der Waals surface area contributed by atoms with Crippen LogP contribution in [0.15, 0.2) is 94.4 Å². The highest BCUT2D eigenvalue weighted by atomic mass is 32.2. The van der Waals surface area contributed by atoms with Crippen LogP contribution in [0.5, 0.6) is 0 Å². The minimum absolute atomic E-state index is 0.0143. The van der Waals surface area contributed by atoms with Gasteiger partial charge in [0.2, 0.25) is 11.6 Å². The van der Waals surface area contributed by atoms with E-state index in [1.807, 2.05) is 81.6 Å². The third kappa shape index (κ3) is 11.9. The van der Waals surface area contributed by atoms with Crippen molar-refractivity contribution in [2.75, 3.05) is 18.5 Å². The Hall–Kier alpha value is -5.24. The SMILES string of the molecule is CC(=O)C(CCCC(=O)ON1C(=O)CCC1=O)NC(=O)CCCCCN1\C(=C/C=C/C=C/C=C/C2=[N+](C)c3ccc(SOO[O-])cc3C2(C)C)C(C)(C)c2cc(S(=O)(=O)[O-])ccc21. The smallest absolute Gasteiger partial charge is 0.333 e. The molecule has 0 saturated carbocycles. The first-order chi connectivity index (χ1) is 29.8. The summed E-state index contributed by atoms with van der Waals surface area (Å²) in [5.74, 6) is -2.51. The summed E-state index contributed by atoms with van der Waals surface area (Å²) in [6.07, 6.45) is 15.8. The quantitative estimate of drug-likeness (QED) is 0.0236. The Bertz CT molecular complexity index is 2370. The molecule has 5 rings (SSSR count). The summed E-state index contributed by atoms with van der Waals surface area (Å²) in [7, 11) is -2.69. The van der Waals surface area contributed by atoms with E-state index in [9.17, 15) is 42.2 Å². The van der Waals surface area contributed by atoms with Crippen molar-refractivity contribution < 1.29 is 61.0 Å². The summed E-state index contributed by atoms with van der Waals surface area (Å²) in [5, 5.41) is 17.0. The van der Waals surface area contributed by atoms with Crippen molar-refractivity contribution >= 4 is 68.7 Å². The first-order valence-corrected chi connectivity index (χ1v) is 22.8. The molecule has 2 aromatic rings. The Kier molecular flexibility index (Phi) is 16.2. The van der Waals surface area contributed by atoms with Crippen molar-refractivity contribution in [1.29, 1.82) is 0 Å². The number of amides is 3. The highest BCUT2D eigenvalue weighted by Gasteiger charge is 2.43. The molecule has 3 heterocycles. The zero-order chi connectivity index (χ0) is 46.1. The Morgan fingerprint density at radius 1 is 0.905 bits per heavy atom. The second-order valence-electron chi connectivity index (χ2n) is 16.5. The van der Waals surface area contributed by atoms with E-state index in [-0.39, 0.29) is 60.5 Å². The van der Waals surface area contributed by atoms with Crippen LogP contribution in [0.25, 0.3) is 0 Å². The van der Waals surface area contributed by atoms with E-state index in [0.717, 1.165) is 45.3 Å². The molecular weight excluding hydrogens is 853 g/mol. The van der Waals surface area contributed by atoms with Gasteiger partial charge in [0.1, 0.15) is 17.2 Å². The summed E-state index contributed by atoms with van der Waals surface area (Å²) in [4.78, 5) is 68.1. The van der Waals surface area contributed by atoms with Crippen molar-refractivity contribution in [1.82, 2.24) is 10.4 Å². The zero-order valence-electron chi connectivity index (χ0n) is 36.2. The van der Waals surface area contributed by atoms with Crippen LogP contribution in [0, 0.1) is 0 Å². The highest BCUT2D eigenvalue weighted by Crippen LogP contribution is 2.48. The number of fused-ring (bicyclic) bond motifs is 2. The predicted octanol–water partition coefficient (Wildman–Crippen LogP) is 5.59. The standard InChI is InChI=1S/C45H54N4O12S2/c1-30(50)35(16-15-20-43(54)59-49-41(52)25-26-42(49)53)46-40(51)19-13-10-14-27-48-37-24-22-32(63(56,57)58)29-34(37)45(4,5)39(48)18-12-9-7-8-11-17-38-44(2,3)33-28-31(62-61-60-55)21-23-36(33)47(38)6/h7-9,11-12,17-18,21-24,28-29,35H,10,13-16,19-20,25-27H2,1-6H3,(H2-,46,51,55,56,57,58)/p-1. The van der Waals surface area contributed by atoms with Gasteiger partial charge in [0.15, 0.2) is 11.5 Å². The molecule has 338 valence electrons. The van der Waals surface area contributed by atoms with Gasteiger partial charge >= 0.3 is 5.97 Å². The summed E-state index contributed by atoms with van der Waals surface area (Å²) in [6, 6.07) is 9.42. The number of hydrogen-bond donors (Lipinski definition) is 1. The van der Waals surface area contributed by atoms with Crippen LogP contribution in [-0.4, -0.2) is 77.4 Å². The number of carbonyl (C=O) groups excluding carboxylic acids is 5. The molecular formula is C45H53N4O12S2-. The summed E-state index contributed by atoms with van der Waals surface area (Å²) in [5.41, 5.74) is 4.61. The number of nitrogens with one attached hydrogen (secondary N) is 1. The Morgan fingerprint density at radius 2 is 1.60 bits per heavy atom. The molecule has 1 N–H and O–H groups in total. The van der Waals surface area contributed by atoms with E-state index in [0.29, 0.717) is 36.4 Å². The van der Waals surface area contributed by atoms with Crippen molar-refractivity contribution in [2.24, 2.45) is 0 Å². The maximum atomic E-state index is 12.8. The lowest BCUT2D eigenvalue weighted by Gasteiger charge is -2.27. The number of hydrogen-bond acceptors (Lipinski definition) is 14. The van der Waals surface area contributed by atoms with Crippen LogP contribution in [0.2, 0.25) is 0 Å². The number of nitrogens with zero attached hydrogens (tertiary/aromatic N) is 3. The number of anilines is 1. The number of hydroxylamine groups is 2. The highest BCUT2D eigenvalue weighted by molar-refractivity contribution is 7.94. The summed E-state index contributed by atoms with van der Waals surface area (Å²) < 4.78 is 42.6. The van der Waals surface area contributed by atoms with Crippen LogP contribution in [0.4, 0.5) is 11.4 Å². The van der Waals surface area contributed by atoms with E-state index in [1.54, 1.807) is 6.07 Å². The third-order valence-corrected chi connectivity index (χ3v) is 12.9. The van der Waals surface area contributed by atoms with E-state index >= 15 is 0 Å². The minimum Gasteiger partial charge on any atom is -0.744 e. The van der Waals surface area contributed by atoms with E-state index in [1.165, 1.54) is 19.1 Å². The number of ketones is 1. The summed E-state index contributed by atoms with van der Waals surface area (Å²) >= 11 is 0.852. The van der Waals surface area contributed by atoms with Crippen molar-refractivity contribution in [3.05, 3.63) is 95.8 Å². The topological polar surface area (TPSA) is 215 Å². The van der Waals surface area contributed by atoms with Crippen LogP contribution < -0.4 is 15.5 Å². The van der Waals surface area contributed by atoms with Crippen molar-refractivity contribution in [2.45, 2.75) is 119 Å². The number of carbonyl (C=O) groups is 5. The normalized spacial score (nSPS) is 18.1. The molecule has 3 amide bonds. The molecule has 0 bridgehead atoms. The van der Waals surface area contributed by atoms with Gasteiger partial charge in [-0.25, -0.2) is 13.2 Å². The molecule has 1 atom stereocenters.